The molecule has 0 atom stereocenters. The van der Waals surface area contributed by atoms with Crippen LogP contribution in [0.2, 0.25) is 0 Å². The smallest absolute Gasteiger partial charge is 0.0685 e. The highest BCUT2D eigenvalue weighted by Crippen LogP contribution is 1.98. The maximum Gasteiger partial charge on any atom is 0.0685 e. The summed E-state index contributed by atoms with van der Waals surface area (Å²) in [6.45, 7) is 8.47. The second kappa shape index (κ2) is 5.00. The molecule has 2 heteroatoms. The zero-order chi connectivity index (χ0) is 7.28. The Labute approximate surface area is 65.2 Å². The van der Waals surface area contributed by atoms with E-state index < -0.39 is 0 Å². The van der Waals surface area contributed by atoms with Crippen molar-refractivity contribution in [2.75, 3.05) is 11.9 Å². The largest absolute Gasteiger partial charge is 0.374 e. The minimum Gasteiger partial charge on any atom is -0.374 e. The maximum absolute atomic E-state index is 5.26. The van der Waals surface area contributed by atoms with E-state index in [1.807, 2.05) is 13.8 Å². The second-order valence-electron chi connectivity index (χ2n) is 2.24. The SMILES string of the molecule is C=C(CBr)COC(C)C. The van der Waals surface area contributed by atoms with Crippen molar-refractivity contribution < 1.29 is 4.74 Å². The van der Waals surface area contributed by atoms with Gasteiger partial charge in [0.1, 0.15) is 0 Å². The molecule has 0 amide bonds. The molecule has 54 valence electrons. The summed E-state index contributed by atoms with van der Waals surface area (Å²) in [7, 11) is 0. The molecular formula is C7H13BrO. The van der Waals surface area contributed by atoms with Gasteiger partial charge in [-0.15, -0.1) is 0 Å². The van der Waals surface area contributed by atoms with E-state index >= 15 is 0 Å². The third-order valence-corrected chi connectivity index (χ3v) is 1.60. The average molecular weight is 193 g/mol. The number of hydrogen-bond donors (Lipinski definition) is 0. The zero-order valence-corrected chi connectivity index (χ0v) is 7.57. The molecule has 9 heavy (non-hydrogen) atoms. The van der Waals surface area contributed by atoms with Gasteiger partial charge in [0.25, 0.3) is 0 Å². The first-order valence-electron chi connectivity index (χ1n) is 3.01. The van der Waals surface area contributed by atoms with Gasteiger partial charge in [-0.25, -0.2) is 0 Å². The quantitative estimate of drug-likeness (QED) is 0.492. The average Bonchev–Trinajstić information content (AvgIpc) is 1.83. The Morgan fingerprint density at radius 3 is 2.56 bits per heavy atom. The van der Waals surface area contributed by atoms with Gasteiger partial charge in [0.05, 0.1) is 12.7 Å². The summed E-state index contributed by atoms with van der Waals surface area (Å²) in [5.41, 5.74) is 1.09. The molecule has 1 nitrogen and oxygen atoms in total. The molecule has 0 bridgehead atoms. The van der Waals surface area contributed by atoms with Gasteiger partial charge in [0.15, 0.2) is 0 Å². The van der Waals surface area contributed by atoms with Crippen molar-refractivity contribution in [3.63, 3.8) is 0 Å². The molecule has 0 rings (SSSR count). The molecule has 0 aliphatic rings. The van der Waals surface area contributed by atoms with Crippen LogP contribution in [0.25, 0.3) is 0 Å². The highest BCUT2D eigenvalue weighted by atomic mass is 79.9. The Morgan fingerprint density at radius 2 is 2.22 bits per heavy atom. The second-order valence-corrected chi connectivity index (χ2v) is 2.80. The summed E-state index contributed by atoms with van der Waals surface area (Å²) in [5.74, 6) is 0. The summed E-state index contributed by atoms with van der Waals surface area (Å²) in [6.07, 6.45) is 0.306. The van der Waals surface area contributed by atoms with Gasteiger partial charge in [0, 0.05) is 5.33 Å². The van der Waals surface area contributed by atoms with Gasteiger partial charge in [-0.05, 0) is 19.4 Å². The maximum atomic E-state index is 5.26. The standard InChI is InChI=1S/C7H13BrO/c1-6(2)9-5-7(3)4-8/h6H,3-5H2,1-2H3. The lowest BCUT2D eigenvalue weighted by Gasteiger charge is -2.06. The predicted molar refractivity (Wildman–Crippen MR) is 44.0 cm³/mol. The van der Waals surface area contributed by atoms with E-state index in [-0.39, 0.29) is 0 Å². The molecule has 0 aromatic carbocycles. The molecule has 0 heterocycles. The molecule has 0 aliphatic carbocycles. The summed E-state index contributed by atoms with van der Waals surface area (Å²) in [5, 5.41) is 0.833. The topological polar surface area (TPSA) is 9.23 Å². The van der Waals surface area contributed by atoms with Crippen molar-refractivity contribution in [3.05, 3.63) is 12.2 Å². The Kier molecular flexibility index (Phi) is 5.10. The third kappa shape index (κ3) is 6.06. The van der Waals surface area contributed by atoms with Crippen molar-refractivity contribution in [1.29, 1.82) is 0 Å². The van der Waals surface area contributed by atoms with Crippen molar-refractivity contribution in [3.8, 4) is 0 Å². The minimum atomic E-state index is 0.306. The molecule has 0 saturated heterocycles. The van der Waals surface area contributed by atoms with Crippen LogP contribution >= 0.6 is 15.9 Å². The lowest BCUT2D eigenvalue weighted by Crippen LogP contribution is -2.05. The molecule has 0 N–H and O–H groups in total. The van der Waals surface area contributed by atoms with Crippen molar-refractivity contribution in [2.24, 2.45) is 0 Å². The lowest BCUT2D eigenvalue weighted by atomic mass is 10.4. The van der Waals surface area contributed by atoms with Gasteiger partial charge in [-0.2, -0.15) is 0 Å². The molecular weight excluding hydrogens is 180 g/mol. The van der Waals surface area contributed by atoms with Crippen LogP contribution in [0.5, 0.6) is 0 Å². The van der Waals surface area contributed by atoms with E-state index in [9.17, 15) is 0 Å². The fourth-order valence-corrected chi connectivity index (χ4v) is 0.485. The van der Waals surface area contributed by atoms with Crippen molar-refractivity contribution in [1.82, 2.24) is 0 Å². The first kappa shape index (κ1) is 9.18. The van der Waals surface area contributed by atoms with Crippen LogP contribution in [0.1, 0.15) is 13.8 Å². The predicted octanol–water partition coefficient (Wildman–Crippen LogP) is 2.36. The number of alkyl halides is 1. The minimum absolute atomic E-state index is 0.306. The first-order valence-corrected chi connectivity index (χ1v) is 4.13. The highest BCUT2D eigenvalue weighted by Gasteiger charge is 1.93. The van der Waals surface area contributed by atoms with E-state index in [0.29, 0.717) is 12.7 Å². The molecule has 0 radical (unpaired) electrons. The van der Waals surface area contributed by atoms with E-state index in [0.717, 1.165) is 10.9 Å². The number of halogens is 1. The molecule has 0 aliphatic heterocycles. The van der Waals surface area contributed by atoms with E-state index in [4.69, 9.17) is 4.74 Å². The normalized spacial score (nSPS) is 10.2. The van der Waals surface area contributed by atoms with Crippen molar-refractivity contribution in [2.45, 2.75) is 20.0 Å². The van der Waals surface area contributed by atoms with Crippen LogP contribution in [0.3, 0.4) is 0 Å². The molecule has 0 saturated carbocycles. The Bertz CT molecular complexity index is 88.9. The zero-order valence-electron chi connectivity index (χ0n) is 5.98. The number of ether oxygens (including phenoxy) is 1. The lowest BCUT2D eigenvalue weighted by molar-refractivity contribution is 0.0979. The molecule has 0 aromatic heterocycles. The van der Waals surface area contributed by atoms with Gasteiger partial charge in [-0.3, -0.25) is 0 Å². The molecule has 0 aromatic rings. The van der Waals surface area contributed by atoms with Crippen LogP contribution < -0.4 is 0 Å². The summed E-state index contributed by atoms with van der Waals surface area (Å²) in [4.78, 5) is 0. The van der Waals surface area contributed by atoms with Crippen molar-refractivity contribution >= 4 is 15.9 Å². The van der Waals surface area contributed by atoms with Crippen LogP contribution in [-0.2, 0) is 4.74 Å². The van der Waals surface area contributed by atoms with Crippen LogP contribution in [-0.4, -0.2) is 18.0 Å². The summed E-state index contributed by atoms with van der Waals surface area (Å²) in [6, 6.07) is 0. The van der Waals surface area contributed by atoms with Gasteiger partial charge in [-0.1, -0.05) is 22.5 Å². The Hall–Kier alpha value is 0.180. The number of rotatable bonds is 4. The monoisotopic (exact) mass is 192 g/mol. The fraction of sp³-hybridized carbons (Fsp3) is 0.714. The summed E-state index contributed by atoms with van der Waals surface area (Å²) < 4.78 is 5.26. The van der Waals surface area contributed by atoms with E-state index in [2.05, 4.69) is 22.5 Å². The van der Waals surface area contributed by atoms with Gasteiger partial charge >= 0.3 is 0 Å². The van der Waals surface area contributed by atoms with Gasteiger partial charge in [0.2, 0.25) is 0 Å². The van der Waals surface area contributed by atoms with Gasteiger partial charge < -0.3 is 4.74 Å². The third-order valence-electron chi connectivity index (χ3n) is 0.810. The molecule has 0 fully saturated rings. The Balaban J connectivity index is 3.17. The van der Waals surface area contributed by atoms with Crippen LogP contribution in [0.15, 0.2) is 12.2 Å². The summed E-state index contributed by atoms with van der Waals surface area (Å²) >= 11 is 3.29. The van der Waals surface area contributed by atoms with E-state index in [1.165, 1.54) is 0 Å². The molecule has 0 unspecified atom stereocenters. The van der Waals surface area contributed by atoms with Crippen LogP contribution in [0.4, 0.5) is 0 Å². The van der Waals surface area contributed by atoms with E-state index in [1.54, 1.807) is 0 Å². The first-order chi connectivity index (χ1) is 4.16. The fourth-order valence-electron chi connectivity index (χ4n) is 0.323. The highest BCUT2D eigenvalue weighted by molar-refractivity contribution is 9.09. The Morgan fingerprint density at radius 1 is 1.67 bits per heavy atom. The number of hydrogen-bond acceptors (Lipinski definition) is 1. The molecule has 0 spiro atoms. The van der Waals surface area contributed by atoms with Crippen LogP contribution in [0, 0.1) is 0 Å².